The van der Waals surface area contributed by atoms with Crippen molar-refractivity contribution >= 4 is 23.4 Å². The van der Waals surface area contributed by atoms with Crippen LogP contribution in [0.1, 0.15) is 44.2 Å². The average molecular weight is 538 g/mol. The quantitative estimate of drug-likeness (QED) is 0.438. The van der Waals surface area contributed by atoms with Crippen LogP contribution in [-0.2, 0) is 19.1 Å². The third kappa shape index (κ3) is 4.72. The second-order valence-electron chi connectivity index (χ2n) is 11.8. The molecule has 8 nitrogen and oxygen atoms in total. The fourth-order valence-corrected chi connectivity index (χ4v) is 7.20. The van der Waals surface area contributed by atoms with Crippen LogP contribution in [0.5, 0.6) is 0 Å². The lowest BCUT2D eigenvalue weighted by molar-refractivity contribution is -0.147. The van der Waals surface area contributed by atoms with E-state index in [0.29, 0.717) is 25.8 Å². The van der Waals surface area contributed by atoms with E-state index < -0.39 is 35.6 Å². The number of carbonyl (C=O) groups excluding carboxylic acids is 3. The number of anilines is 1. The van der Waals surface area contributed by atoms with E-state index in [9.17, 15) is 19.5 Å². The third-order valence-electron chi connectivity index (χ3n) is 8.67. The maximum Gasteiger partial charge on any atom is 0.253 e. The van der Waals surface area contributed by atoms with E-state index in [1.165, 1.54) is 0 Å². The van der Waals surface area contributed by atoms with Gasteiger partial charge in [0.25, 0.3) is 5.91 Å². The molecule has 2 bridgehead atoms. The van der Waals surface area contributed by atoms with Crippen molar-refractivity contribution in [2.75, 3.05) is 31.6 Å². The molecular weight excluding hydrogens is 494 g/mol. The molecule has 0 saturated carbocycles. The van der Waals surface area contributed by atoms with Gasteiger partial charge in [-0.2, -0.15) is 0 Å². The minimum Gasteiger partial charge on any atom is -0.394 e. The maximum atomic E-state index is 14.8. The second-order valence-corrected chi connectivity index (χ2v) is 11.8. The number of aliphatic hydroxyl groups excluding tert-OH is 1. The normalized spacial score (nSPS) is 28.0. The molecule has 3 heterocycles. The number of nitrogens with zero attached hydrogens (tertiary/aromatic N) is 3. The average Bonchev–Trinajstić information content (AvgIpc) is 3.53. The number of aliphatic hydroxyl groups is 1. The highest BCUT2D eigenvalue weighted by atomic mass is 16.5. The van der Waals surface area contributed by atoms with Crippen LogP contribution in [0.15, 0.2) is 43.5 Å². The topological polar surface area (TPSA) is 90.4 Å². The number of amides is 3. The van der Waals surface area contributed by atoms with Gasteiger partial charge in [0.05, 0.1) is 30.6 Å². The van der Waals surface area contributed by atoms with E-state index in [2.05, 4.69) is 13.2 Å². The zero-order valence-electron chi connectivity index (χ0n) is 23.9. The Labute approximate surface area is 232 Å². The fourth-order valence-electron chi connectivity index (χ4n) is 7.20. The van der Waals surface area contributed by atoms with Gasteiger partial charge >= 0.3 is 0 Å². The Morgan fingerprint density at radius 3 is 2.38 bits per heavy atom. The van der Waals surface area contributed by atoms with Crippen LogP contribution in [0.4, 0.5) is 5.69 Å². The molecule has 0 aromatic heterocycles. The first kappa shape index (κ1) is 29.0. The Kier molecular flexibility index (Phi) is 8.38. The molecule has 3 saturated heterocycles. The van der Waals surface area contributed by atoms with Crippen molar-refractivity contribution < 1.29 is 24.2 Å². The Balaban J connectivity index is 1.86. The van der Waals surface area contributed by atoms with Gasteiger partial charge in [-0.1, -0.05) is 44.2 Å². The van der Waals surface area contributed by atoms with Crippen molar-refractivity contribution in [1.82, 2.24) is 9.80 Å². The van der Waals surface area contributed by atoms with E-state index in [1.807, 2.05) is 45.9 Å². The summed E-state index contributed by atoms with van der Waals surface area (Å²) in [6, 6.07) is 4.34. The summed E-state index contributed by atoms with van der Waals surface area (Å²) in [6.07, 6.45) is 4.53. The molecule has 1 N–H and O–H groups in total. The molecule has 2 unspecified atom stereocenters. The Morgan fingerprint density at radius 2 is 1.82 bits per heavy atom. The van der Waals surface area contributed by atoms with Crippen LogP contribution in [0, 0.1) is 31.6 Å². The number of aryl methyl sites for hydroxylation is 2. The first-order chi connectivity index (χ1) is 18.5. The van der Waals surface area contributed by atoms with Gasteiger partial charge in [0.1, 0.15) is 11.6 Å². The lowest BCUT2D eigenvalue weighted by atomic mass is 9.70. The van der Waals surface area contributed by atoms with Crippen LogP contribution >= 0.6 is 0 Å². The number of hydrogen-bond acceptors (Lipinski definition) is 5. The molecular formula is C31H43N3O5. The summed E-state index contributed by atoms with van der Waals surface area (Å²) in [5, 5.41) is 10.5. The van der Waals surface area contributed by atoms with Crippen LogP contribution < -0.4 is 4.90 Å². The molecule has 212 valence electrons. The number of fused-ring (bicyclic) bond motifs is 1. The summed E-state index contributed by atoms with van der Waals surface area (Å²) in [4.78, 5) is 47.6. The van der Waals surface area contributed by atoms with Crippen LogP contribution in [-0.4, -0.2) is 83.2 Å². The summed E-state index contributed by atoms with van der Waals surface area (Å²) in [6.45, 7) is 15.9. The van der Waals surface area contributed by atoms with E-state index >= 15 is 0 Å². The molecule has 3 aliphatic rings. The van der Waals surface area contributed by atoms with Gasteiger partial charge in [-0.05, 0) is 50.2 Å². The van der Waals surface area contributed by atoms with Crippen LogP contribution in [0.2, 0.25) is 0 Å². The monoisotopic (exact) mass is 537 g/mol. The highest BCUT2D eigenvalue weighted by Crippen LogP contribution is 2.59. The third-order valence-corrected chi connectivity index (χ3v) is 8.67. The molecule has 3 amide bonds. The van der Waals surface area contributed by atoms with Crippen molar-refractivity contribution in [3.63, 3.8) is 0 Å². The van der Waals surface area contributed by atoms with Crippen molar-refractivity contribution in [2.24, 2.45) is 17.8 Å². The highest BCUT2D eigenvalue weighted by Gasteiger charge is 2.75. The molecule has 1 aromatic rings. The largest absolute Gasteiger partial charge is 0.394 e. The predicted octanol–water partition coefficient (Wildman–Crippen LogP) is 3.25. The molecule has 4 rings (SSSR count). The fraction of sp³-hybridized carbons (Fsp3) is 0.581. The Morgan fingerprint density at radius 1 is 1.18 bits per heavy atom. The van der Waals surface area contributed by atoms with E-state index in [-0.39, 0.29) is 36.8 Å². The number of likely N-dealkylation sites (N-methyl/N-ethyl adjacent to an activating group) is 1. The summed E-state index contributed by atoms with van der Waals surface area (Å²) >= 11 is 0. The summed E-state index contributed by atoms with van der Waals surface area (Å²) in [5.74, 6) is -1.99. The van der Waals surface area contributed by atoms with E-state index in [1.54, 1.807) is 33.9 Å². The molecule has 39 heavy (non-hydrogen) atoms. The standard InChI is InChI=1S/C31H43N3O5/c1-8-15-32(7)28(36)24-23-13-14-31(39-23)25(24)29(37)34(22(18-35)17-19(3)4)27(31)30(38)33(16-9-2)26-20(5)11-10-12-21(26)6/h8-12,19,22-25,27,35H,1-2,13-18H2,3-7H3/t22-,23+,24-,25+,27?,31?/m1/s1. The molecule has 6 atom stereocenters. The van der Waals surface area contributed by atoms with Gasteiger partial charge < -0.3 is 24.5 Å². The first-order valence-corrected chi connectivity index (χ1v) is 14.0. The summed E-state index contributed by atoms with van der Waals surface area (Å²) in [7, 11) is 1.70. The number of hydrogen-bond donors (Lipinski definition) is 1. The lowest BCUT2D eigenvalue weighted by Crippen LogP contribution is -2.59. The van der Waals surface area contributed by atoms with Gasteiger partial charge in [0.2, 0.25) is 11.8 Å². The van der Waals surface area contributed by atoms with Crippen LogP contribution in [0.25, 0.3) is 0 Å². The van der Waals surface area contributed by atoms with E-state index in [4.69, 9.17) is 4.74 Å². The molecule has 1 aromatic carbocycles. The molecule has 1 spiro atoms. The minimum atomic E-state index is -1.13. The van der Waals surface area contributed by atoms with Gasteiger partial charge in [0.15, 0.2) is 0 Å². The van der Waals surface area contributed by atoms with Crippen molar-refractivity contribution in [3.8, 4) is 0 Å². The number of para-hydroxylation sites is 1. The van der Waals surface area contributed by atoms with Gasteiger partial charge in [0, 0.05) is 25.8 Å². The zero-order chi connectivity index (χ0) is 28.6. The van der Waals surface area contributed by atoms with Gasteiger partial charge in [-0.3, -0.25) is 14.4 Å². The Bertz CT molecular complexity index is 1130. The Hall–Kier alpha value is -2.97. The summed E-state index contributed by atoms with van der Waals surface area (Å²) in [5.41, 5.74) is 1.53. The first-order valence-electron chi connectivity index (χ1n) is 14.0. The van der Waals surface area contributed by atoms with Gasteiger partial charge in [-0.25, -0.2) is 0 Å². The van der Waals surface area contributed by atoms with Crippen molar-refractivity contribution in [1.29, 1.82) is 0 Å². The van der Waals surface area contributed by atoms with Crippen molar-refractivity contribution in [3.05, 3.63) is 54.6 Å². The zero-order valence-corrected chi connectivity index (χ0v) is 23.9. The highest BCUT2D eigenvalue weighted by molar-refractivity contribution is 6.05. The lowest BCUT2D eigenvalue weighted by Gasteiger charge is -2.40. The maximum absolute atomic E-state index is 14.8. The number of likely N-dealkylation sites (tertiary alicyclic amines) is 1. The minimum absolute atomic E-state index is 0.171. The van der Waals surface area contributed by atoms with Gasteiger partial charge in [-0.15, -0.1) is 13.2 Å². The molecule has 3 fully saturated rings. The smallest absolute Gasteiger partial charge is 0.253 e. The number of benzene rings is 1. The number of rotatable bonds is 11. The second kappa shape index (κ2) is 11.3. The number of carbonyl (C=O) groups is 3. The molecule has 3 aliphatic heterocycles. The number of ether oxygens (including phenoxy) is 1. The molecule has 0 radical (unpaired) electrons. The van der Waals surface area contributed by atoms with Crippen molar-refractivity contribution in [2.45, 2.75) is 70.7 Å². The van der Waals surface area contributed by atoms with E-state index in [0.717, 1.165) is 16.8 Å². The summed E-state index contributed by atoms with van der Waals surface area (Å²) < 4.78 is 6.61. The molecule has 8 heteroatoms. The molecule has 0 aliphatic carbocycles. The van der Waals surface area contributed by atoms with Crippen LogP contribution in [0.3, 0.4) is 0 Å². The SMILES string of the molecule is C=CCN(C)C(=O)[C@@H]1[C@@H]2CCC3(O2)C(C(=O)N(CC=C)c2c(C)cccc2C)N([C@@H](CO)CC(C)C)C(=O)[C@H]13. The predicted molar refractivity (Wildman–Crippen MR) is 151 cm³/mol.